The van der Waals surface area contributed by atoms with Crippen molar-refractivity contribution in [1.82, 2.24) is 9.97 Å². The third-order valence-corrected chi connectivity index (χ3v) is 1.93. The fourth-order valence-electron chi connectivity index (χ4n) is 1.12. The number of aryl methyl sites for hydroxylation is 1. The molecule has 1 aromatic heterocycles. The summed E-state index contributed by atoms with van der Waals surface area (Å²) in [6, 6.07) is 1.72. The van der Waals surface area contributed by atoms with Crippen LogP contribution in [0.5, 0.6) is 0 Å². The molecule has 0 fully saturated rings. The largest absolute Gasteiger partial charge is 0.385 e. The first-order chi connectivity index (χ1) is 7.22. The van der Waals surface area contributed by atoms with E-state index in [1.165, 1.54) is 0 Å². The van der Waals surface area contributed by atoms with Gasteiger partial charge in [0.25, 0.3) is 0 Å². The molecule has 0 bridgehead atoms. The van der Waals surface area contributed by atoms with E-state index in [-0.39, 0.29) is 0 Å². The number of halogens is 1. The molecule has 1 rings (SSSR count). The summed E-state index contributed by atoms with van der Waals surface area (Å²) < 4.78 is 10.3. The van der Waals surface area contributed by atoms with Crippen molar-refractivity contribution in [2.75, 3.05) is 20.3 Å². The molecule has 5 heteroatoms. The number of aromatic nitrogens is 2. The highest BCUT2D eigenvalue weighted by Gasteiger charge is 2.00. The minimum atomic E-state index is 0.394. The second kappa shape index (κ2) is 6.71. The van der Waals surface area contributed by atoms with E-state index in [0.29, 0.717) is 30.8 Å². The number of nitrogens with zero attached hydrogens (tertiary/aromatic N) is 2. The molecule has 0 atom stereocenters. The third kappa shape index (κ3) is 5.06. The highest BCUT2D eigenvalue weighted by Crippen LogP contribution is 2.07. The third-order valence-electron chi connectivity index (χ3n) is 1.74. The van der Waals surface area contributed by atoms with Crippen molar-refractivity contribution in [2.24, 2.45) is 0 Å². The summed E-state index contributed by atoms with van der Waals surface area (Å²) in [6.45, 7) is 3.62. The molecule has 0 aliphatic rings. The van der Waals surface area contributed by atoms with Crippen molar-refractivity contribution in [2.45, 2.75) is 20.0 Å². The second-order valence-corrected chi connectivity index (χ2v) is 3.53. The quantitative estimate of drug-likeness (QED) is 0.554. The smallest absolute Gasteiger partial charge is 0.155 e. The van der Waals surface area contributed by atoms with E-state index in [4.69, 9.17) is 21.1 Å². The van der Waals surface area contributed by atoms with Gasteiger partial charge in [-0.3, -0.25) is 0 Å². The van der Waals surface area contributed by atoms with Crippen LogP contribution < -0.4 is 0 Å². The molecule has 0 aliphatic heterocycles. The van der Waals surface area contributed by atoms with Crippen molar-refractivity contribution >= 4 is 11.6 Å². The Morgan fingerprint density at radius 2 is 2.13 bits per heavy atom. The summed E-state index contributed by atoms with van der Waals surface area (Å²) in [5.41, 5.74) is 0.852. The van der Waals surface area contributed by atoms with Gasteiger partial charge in [-0.1, -0.05) is 11.6 Å². The monoisotopic (exact) mass is 230 g/mol. The molecule has 4 nitrogen and oxygen atoms in total. The van der Waals surface area contributed by atoms with Gasteiger partial charge in [-0.05, 0) is 19.4 Å². The lowest BCUT2D eigenvalue weighted by Crippen LogP contribution is -2.03. The van der Waals surface area contributed by atoms with Crippen LogP contribution in [0.2, 0.25) is 5.15 Å². The number of rotatable bonds is 6. The van der Waals surface area contributed by atoms with Crippen LogP contribution >= 0.6 is 11.6 Å². The Morgan fingerprint density at radius 1 is 1.33 bits per heavy atom. The maximum atomic E-state index is 5.79. The van der Waals surface area contributed by atoms with Gasteiger partial charge in [-0.2, -0.15) is 0 Å². The number of methoxy groups -OCH3 is 1. The maximum Gasteiger partial charge on any atom is 0.155 e. The zero-order chi connectivity index (χ0) is 11.1. The molecular formula is C10H15ClN2O2. The molecule has 1 heterocycles. The lowest BCUT2D eigenvalue weighted by molar-refractivity contribution is 0.0890. The standard InChI is InChI=1S/C10H15ClN2O2/c1-8-6-9(11)13-10(12-8)7-15-5-3-4-14-2/h6H,3-5,7H2,1-2H3. The number of hydrogen-bond acceptors (Lipinski definition) is 4. The van der Waals surface area contributed by atoms with E-state index in [1.54, 1.807) is 13.2 Å². The highest BCUT2D eigenvalue weighted by atomic mass is 35.5. The molecule has 1 aromatic rings. The Bertz CT molecular complexity index is 287. The summed E-state index contributed by atoms with van der Waals surface area (Å²) in [6.07, 6.45) is 0.871. The summed E-state index contributed by atoms with van der Waals surface area (Å²) in [5, 5.41) is 0.456. The Morgan fingerprint density at radius 3 is 2.80 bits per heavy atom. The molecule has 84 valence electrons. The van der Waals surface area contributed by atoms with E-state index < -0.39 is 0 Å². The first-order valence-electron chi connectivity index (χ1n) is 4.79. The van der Waals surface area contributed by atoms with Crippen LogP contribution in [0.15, 0.2) is 6.07 Å². The van der Waals surface area contributed by atoms with Gasteiger partial charge in [-0.15, -0.1) is 0 Å². The van der Waals surface area contributed by atoms with E-state index in [1.807, 2.05) is 6.92 Å². The fourth-order valence-corrected chi connectivity index (χ4v) is 1.38. The van der Waals surface area contributed by atoms with Crippen molar-refractivity contribution in [1.29, 1.82) is 0 Å². The predicted octanol–water partition coefficient (Wildman–Crippen LogP) is 1.99. The van der Waals surface area contributed by atoms with Crippen LogP contribution in [0.1, 0.15) is 17.9 Å². The molecule has 0 radical (unpaired) electrons. The maximum absolute atomic E-state index is 5.79. The van der Waals surface area contributed by atoms with Gasteiger partial charge in [0.05, 0.1) is 0 Å². The SMILES string of the molecule is COCCCOCc1nc(C)cc(Cl)n1. The topological polar surface area (TPSA) is 44.2 Å². The van der Waals surface area contributed by atoms with Gasteiger partial charge < -0.3 is 9.47 Å². The van der Waals surface area contributed by atoms with Gasteiger partial charge >= 0.3 is 0 Å². The van der Waals surface area contributed by atoms with Crippen LogP contribution in [0, 0.1) is 6.92 Å². The van der Waals surface area contributed by atoms with Crippen LogP contribution in [0.4, 0.5) is 0 Å². The van der Waals surface area contributed by atoms with Gasteiger partial charge in [0, 0.05) is 26.0 Å². The molecular weight excluding hydrogens is 216 g/mol. The molecule has 0 aliphatic carbocycles. The molecule has 15 heavy (non-hydrogen) atoms. The van der Waals surface area contributed by atoms with Crippen molar-refractivity contribution in [3.8, 4) is 0 Å². The zero-order valence-electron chi connectivity index (χ0n) is 8.99. The molecule has 0 N–H and O–H groups in total. The summed E-state index contributed by atoms with van der Waals surface area (Å²) >= 11 is 5.79. The lowest BCUT2D eigenvalue weighted by Gasteiger charge is -2.04. The number of hydrogen-bond donors (Lipinski definition) is 0. The van der Waals surface area contributed by atoms with Crippen molar-refractivity contribution in [3.63, 3.8) is 0 Å². The highest BCUT2D eigenvalue weighted by molar-refractivity contribution is 6.29. The Labute approximate surface area is 94.6 Å². The number of ether oxygens (including phenoxy) is 2. The Kier molecular flexibility index (Phi) is 5.53. The van der Waals surface area contributed by atoms with E-state index >= 15 is 0 Å². The average Bonchev–Trinajstić information content (AvgIpc) is 2.16. The van der Waals surface area contributed by atoms with Crippen LogP contribution in [-0.4, -0.2) is 30.3 Å². The fraction of sp³-hybridized carbons (Fsp3) is 0.600. The normalized spacial score (nSPS) is 10.6. The van der Waals surface area contributed by atoms with Gasteiger partial charge in [0.1, 0.15) is 11.8 Å². The van der Waals surface area contributed by atoms with Crippen LogP contribution in [0.25, 0.3) is 0 Å². The molecule has 0 saturated carbocycles. The Balaban J connectivity index is 2.31. The van der Waals surface area contributed by atoms with E-state index in [0.717, 1.165) is 12.1 Å². The minimum absolute atomic E-state index is 0.394. The van der Waals surface area contributed by atoms with Crippen LogP contribution in [-0.2, 0) is 16.1 Å². The van der Waals surface area contributed by atoms with Crippen molar-refractivity contribution < 1.29 is 9.47 Å². The minimum Gasteiger partial charge on any atom is -0.385 e. The predicted molar refractivity (Wildman–Crippen MR) is 57.9 cm³/mol. The van der Waals surface area contributed by atoms with Gasteiger partial charge in [-0.25, -0.2) is 9.97 Å². The second-order valence-electron chi connectivity index (χ2n) is 3.15. The van der Waals surface area contributed by atoms with E-state index in [2.05, 4.69) is 9.97 Å². The average molecular weight is 231 g/mol. The first kappa shape index (κ1) is 12.4. The molecule has 0 unspecified atom stereocenters. The molecule has 0 spiro atoms. The molecule has 0 saturated heterocycles. The zero-order valence-corrected chi connectivity index (χ0v) is 9.75. The van der Waals surface area contributed by atoms with Gasteiger partial charge in [0.15, 0.2) is 5.82 Å². The summed E-state index contributed by atoms with van der Waals surface area (Å²) in [4.78, 5) is 8.25. The van der Waals surface area contributed by atoms with E-state index in [9.17, 15) is 0 Å². The van der Waals surface area contributed by atoms with Crippen LogP contribution in [0.3, 0.4) is 0 Å². The first-order valence-corrected chi connectivity index (χ1v) is 5.17. The van der Waals surface area contributed by atoms with Gasteiger partial charge in [0.2, 0.25) is 0 Å². The van der Waals surface area contributed by atoms with Crippen molar-refractivity contribution in [3.05, 3.63) is 22.7 Å². The molecule has 0 amide bonds. The summed E-state index contributed by atoms with van der Waals surface area (Å²) in [5.74, 6) is 0.623. The molecule has 0 aromatic carbocycles. The Hall–Kier alpha value is -0.710. The lowest BCUT2D eigenvalue weighted by atomic mass is 10.4. The summed E-state index contributed by atoms with van der Waals surface area (Å²) in [7, 11) is 1.67.